The van der Waals surface area contributed by atoms with Crippen LogP contribution in [0.4, 0.5) is 13.2 Å². The topological polar surface area (TPSA) is 41.6 Å². The number of rotatable bonds is 1. The van der Waals surface area contributed by atoms with Gasteiger partial charge in [-0.1, -0.05) is 35.4 Å². The van der Waals surface area contributed by atoms with E-state index in [1.807, 2.05) is 28.7 Å². The minimum absolute atomic E-state index is 0.161. The second-order valence-electron chi connectivity index (χ2n) is 3.99. The maximum atomic E-state index is 12.6. The summed E-state index contributed by atoms with van der Waals surface area (Å²) in [6.45, 7) is 0. The van der Waals surface area contributed by atoms with Crippen molar-refractivity contribution in [3.05, 3.63) is 39.3 Å². The van der Waals surface area contributed by atoms with Crippen molar-refractivity contribution in [2.75, 3.05) is 0 Å². The molecule has 1 aromatic heterocycles. The summed E-state index contributed by atoms with van der Waals surface area (Å²) < 4.78 is 37.9. The summed E-state index contributed by atoms with van der Waals surface area (Å²) in [6, 6.07) is 1.04. The molecule has 0 amide bonds. The van der Waals surface area contributed by atoms with Gasteiger partial charge in [0.15, 0.2) is 10.0 Å². The van der Waals surface area contributed by atoms with Gasteiger partial charge in [0.25, 0.3) is 0 Å². The molecule has 1 atom stereocenters. The summed E-state index contributed by atoms with van der Waals surface area (Å²) in [4.78, 5) is 0. The number of halogens is 6. The minimum Gasteiger partial charge on any atom is -0.260 e. The molecule has 1 unspecified atom stereocenters. The van der Waals surface area contributed by atoms with Crippen molar-refractivity contribution in [1.29, 1.82) is 5.26 Å². The molecule has 1 aliphatic carbocycles. The summed E-state index contributed by atoms with van der Waals surface area (Å²) in [5.74, 6) is 0. The maximum absolute atomic E-state index is 12.6. The molecule has 0 spiro atoms. The number of alkyl halides is 5. The van der Waals surface area contributed by atoms with Gasteiger partial charge in [-0.05, 0) is 28.7 Å². The van der Waals surface area contributed by atoms with Crippen molar-refractivity contribution in [3.8, 4) is 6.07 Å². The van der Waals surface area contributed by atoms with E-state index in [9.17, 15) is 13.2 Å². The van der Waals surface area contributed by atoms with E-state index in [0.29, 0.717) is 3.57 Å². The van der Waals surface area contributed by atoms with Crippen LogP contribution >= 0.6 is 45.8 Å². The van der Waals surface area contributed by atoms with E-state index in [2.05, 4.69) is 5.10 Å². The first-order valence-electron chi connectivity index (χ1n) is 5.16. The lowest BCUT2D eigenvalue weighted by molar-refractivity contribution is -0.0888. The standard InChI is InChI=1S/C11H5Cl2F3IN3/c12-10(13)3-6(11(14,15)16)1-2-9(10)20-5-7(17)8(4-18)19-20/h1-3,5,9H. The van der Waals surface area contributed by atoms with Crippen molar-refractivity contribution >= 4 is 45.8 Å². The van der Waals surface area contributed by atoms with Crippen LogP contribution in [-0.4, -0.2) is 20.3 Å². The number of nitriles is 1. The Hall–Kier alpha value is -0.720. The molecule has 0 radical (unpaired) electrons. The molecule has 0 saturated carbocycles. The molecule has 0 aliphatic heterocycles. The smallest absolute Gasteiger partial charge is 0.260 e. The summed E-state index contributed by atoms with van der Waals surface area (Å²) in [6.07, 6.45) is -0.171. The van der Waals surface area contributed by atoms with Crippen LogP contribution in [0, 0.1) is 14.9 Å². The molecule has 0 fully saturated rings. The Labute approximate surface area is 135 Å². The summed E-state index contributed by atoms with van der Waals surface area (Å²) in [5, 5.41) is 12.8. The van der Waals surface area contributed by atoms with Gasteiger partial charge in [0.05, 0.1) is 9.14 Å². The normalized spacial score (nSPS) is 21.4. The Balaban J connectivity index is 2.40. The van der Waals surface area contributed by atoms with Crippen LogP contribution in [0.15, 0.2) is 30.0 Å². The molecule has 9 heteroatoms. The van der Waals surface area contributed by atoms with Crippen LogP contribution in [0.5, 0.6) is 0 Å². The maximum Gasteiger partial charge on any atom is 0.416 e. The monoisotopic (exact) mass is 433 g/mol. The zero-order valence-corrected chi connectivity index (χ0v) is 13.2. The van der Waals surface area contributed by atoms with Crippen molar-refractivity contribution < 1.29 is 13.2 Å². The highest BCUT2D eigenvalue weighted by Gasteiger charge is 2.42. The second-order valence-corrected chi connectivity index (χ2v) is 6.60. The quantitative estimate of drug-likeness (QED) is 0.493. The largest absolute Gasteiger partial charge is 0.416 e. The van der Waals surface area contributed by atoms with Crippen LogP contribution in [0.2, 0.25) is 0 Å². The van der Waals surface area contributed by atoms with E-state index in [4.69, 9.17) is 28.5 Å². The average Bonchev–Trinajstić information content (AvgIpc) is 2.67. The zero-order valence-electron chi connectivity index (χ0n) is 9.50. The predicted octanol–water partition coefficient (Wildman–Crippen LogP) is 4.13. The molecule has 0 N–H and O–H groups in total. The molecule has 3 nitrogen and oxygen atoms in total. The lowest BCUT2D eigenvalue weighted by Gasteiger charge is -2.29. The Morgan fingerprint density at radius 3 is 2.55 bits per heavy atom. The average molecular weight is 434 g/mol. The van der Waals surface area contributed by atoms with E-state index < -0.39 is 22.1 Å². The van der Waals surface area contributed by atoms with Crippen LogP contribution in [0.3, 0.4) is 0 Å². The summed E-state index contributed by atoms with van der Waals surface area (Å²) in [5.41, 5.74) is -0.755. The highest BCUT2D eigenvalue weighted by atomic mass is 127. The lowest BCUT2D eigenvalue weighted by atomic mass is 10.0. The SMILES string of the molecule is N#Cc1nn(C2C=CC(C(F)(F)F)=CC2(Cl)Cl)cc1I. The molecular weight excluding hydrogens is 429 g/mol. The number of allylic oxidation sites excluding steroid dienone is 4. The van der Waals surface area contributed by atoms with E-state index in [1.165, 1.54) is 17.0 Å². The van der Waals surface area contributed by atoms with Gasteiger partial charge in [0.2, 0.25) is 0 Å². The first kappa shape index (κ1) is 15.7. The molecule has 1 heterocycles. The molecule has 1 aliphatic rings. The Morgan fingerprint density at radius 1 is 1.45 bits per heavy atom. The number of hydrogen-bond donors (Lipinski definition) is 0. The summed E-state index contributed by atoms with van der Waals surface area (Å²) >= 11 is 13.8. The predicted molar refractivity (Wildman–Crippen MR) is 76.4 cm³/mol. The fourth-order valence-electron chi connectivity index (χ4n) is 1.69. The summed E-state index contributed by atoms with van der Waals surface area (Å²) in [7, 11) is 0. The Bertz CT molecular complexity index is 640. The molecule has 0 aromatic carbocycles. The van der Waals surface area contributed by atoms with Gasteiger partial charge < -0.3 is 0 Å². The lowest BCUT2D eigenvalue weighted by Crippen LogP contribution is -2.30. The van der Waals surface area contributed by atoms with Crippen LogP contribution in [0.1, 0.15) is 11.7 Å². The first-order chi connectivity index (χ1) is 9.15. The second kappa shape index (κ2) is 5.24. The fraction of sp³-hybridized carbons (Fsp3) is 0.273. The first-order valence-corrected chi connectivity index (χ1v) is 6.99. The van der Waals surface area contributed by atoms with Gasteiger partial charge in [-0.15, -0.1) is 0 Å². The Morgan fingerprint density at radius 2 is 2.10 bits per heavy atom. The van der Waals surface area contributed by atoms with E-state index in [0.717, 1.165) is 12.2 Å². The van der Waals surface area contributed by atoms with Crippen molar-refractivity contribution in [1.82, 2.24) is 9.78 Å². The van der Waals surface area contributed by atoms with Crippen molar-refractivity contribution in [3.63, 3.8) is 0 Å². The minimum atomic E-state index is -4.52. The molecule has 20 heavy (non-hydrogen) atoms. The van der Waals surface area contributed by atoms with Gasteiger partial charge >= 0.3 is 6.18 Å². The van der Waals surface area contributed by atoms with Crippen molar-refractivity contribution in [2.45, 2.75) is 16.6 Å². The molecule has 1 aromatic rings. The van der Waals surface area contributed by atoms with Gasteiger partial charge in [-0.25, -0.2) is 0 Å². The Kier molecular flexibility index (Phi) is 4.10. The van der Waals surface area contributed by atoms with Gasteiger partial charge in [0.1, 0.15) is 12.1 Å². The number of hydrogen-bond acceptors (Lipinski definition) is 2. The van der Waals surface area contributed by atoms with Crippen LogP contribution < -0.4 is 0 Å². The van der Waals surface area contributed by atoms with E-state index in [-0.39, 0.29) is 5.69 Å². The molecule has 2 rings (SSSR count). The zero-order chi connectivity index (χ0) is 15.1. The molecule has 106 valence electrons. The molecular formula is C11H5Cl2F3IN3. The highest BCUT2D eigenvalue weighted by Crippen LogP contribution is 2.43. The van der Waals surface area contributed by atoms with E-state index in [1.54, 1.807) is 0 Å². The van der Waals surface area contributed by atoms with Crippen molar-refractivity contribution in [2.24, 2.45) is 0 Å². The number of nitrogens with zero attached hydrogens (tertiary/aromatic N) is 3. The third-order valence-electron chi connectivity index (χ3n) is 2.61. The van der Waals surface area contributed by atoms with Gasteiger partial charge in [-0.3, -0.25) is 4.68 Å². The third kappa shape index (κ3) is 2.97. The number of aromatic nitrogens is 2. The third-order valence-corrected chi connectivity index (χ3v) is 4.06. The highest BCUT2D eigenvalue weighted by molar-refractivity contribution is 14.1. The van der Waals surface area contributed by atoms with Gasteiger partial charge in [-0.2, -0.15) is 23.5 Å². The van der Waals surface area contributed by atoms with Crippen LogP contribution in [-0.2, 0) is 0 Å². The van der Waals surface area contributed by atoms with E-state index >= 15 is 0 Å². The molecule has 0 bridgehead atoms. The molecule has 0 saturated heterocycles. The van der Waals surface area contributed by atoms with Crippen LogP contribution in [0.25, 0.3) is 0 Å². The van der Waals surface area contributed by atoms with Gasteiger partial charge in [0, 0.05) is 6.20 Å². The fourth-order valence-corrected chi connectivity index (χ4v) is 2.79.